The van der Waals surface area contributed by atoms with Crippen molar-refractivity contribution >= 4 is 0 Å². The molecule has 0 aliphatic carbocycles. The number of hydrogen-bond donors (Lipinski definition) is 1. The van der Waals surface area contributed by atoms with Crippen molar-refractivity contribution in [2.24, 2.45) is 0 Å². The zero-order valence-corrected chi connectivity index (χ0v) is 8.56. The molecule has 3 nitrogen and oxygen atoms in total. The predicted molar refractivity (Wildman–Crippen MR) is 57.1 cm³/mol. The van der Waals surface area contributed by atoms with Gasteiger partial charge in [0.25, 0.3) is 0 Å². The molecule has 0 bridgehead atoms. The minimum Gasteiger partial charge on any atom is -0.392 e. The summed E-state index contributed by atoms with van der Waals surface area (Å²) in [7, 11) is 0. The van der Waals surface area contributed by atoms with Crippen molar-refractivity contribution in [1.29, 1.82) is 5.26 Å². The normalized spacial score (nSPS) is 21.5. The number of nitriles is 1. The molecule has 15 heavy (non-hydrogen) atoms. The molecule has 0 aromatic heterocycles. The summed E-state index contributed by atoms with van der Waals surface area (Å²) in [6.45, 7) is 2.40. The Kier molecular flexibility index (Phi) is 3.00. The third-order valence-electron chi connectivity index (χ3n) is 2.78. The highest BCUT2D eigenvalue weighted by Gasteiger charge is 2.20. The largest absolute Gasteiger partial charge is 0.392 e. The van der Waals surface area contributed by atoms with E-state index in [-0.39, 0.29) is 6.10 Å². The zero-order valence-electron chi connectivity index (χ0n) is 8.56. The summed E-state index contributed by atoms with van der Waals surface area (Å²) in [5.41, 5.74) is 1.79. The van der Waals surface area contributed by atoms with E-state index in [4.69, 9.17) is 5.26 Å². The fourth-order valence-electron chi connectivity index (χ4n) is 1.96. The molecule has 1 saturated heterocycles. The highest BCUT2D eigenvalue weighted by molar-refractivity contribution is 5.37. The fraction of sp³-hybridized carbons (Fsp3) is 0.417. The zero-order chi connectivity index (χ0) is 10.7. The number of β-amino-alcohol motifs (C(OH)–C–C–N with tert-alkyl or cyclic N) is 1. The summed E-state index contributed by atoms with van der Waals surface area (Å²) >= 11 is 0. The smallest absolute Gasteiger partial charge is 0.0995 e. The van der Waals surface area contributed by atoms with Gasteiger partial charge in [-0.2, -0.15) is 5.26 Å². The molecule has 2 rings (SSSR count). The van der Waals surface area contributed by atoms with E-state index < -0.39 is 0 Å². The van der Waals surface area contributed by atoms with Crippen LogP contribution in [0.4, 0.5) is 0 Å². The van der Waals surface area contributed by atoms with Crippen LogP contribution in [-0.2, 0) is 6.54 Å². The first-order valence-corrected chi connectivity index (χ1v) is 5.18. The minimum absolute atomic E-state index is 0.195. The van der Waals surface area contributed by atoms with E-state index in [1.807, 2.05) is 24.3 Å². The molecule has 0 saturated carbocycles. The van der Waals surface area contributed by atoms with E-state index in [0.717, 1.165) is 37.2 Å². The molecular formula is C12H14N2O. The third-order valence-corrected chi connectivity index (χ3v) is 2.78. The molecule has 1 aliphatic rings. The Labute approximate surface area is 89.6 Å². The number of nitrogens with zero attached hydrogens (tertiary/aromatic N) is 2. The first-order chi connectivity index (χ1) is 7.29. The number of hydrogen-bond acceptors (Lipinski definition) is 3. The van der Waals surface area contributed by atoms with Crippen LogP contribution in [-0.4, -0.2) is 29.2 Å². The van der Waals surface area contributed by atoms with Gasteiger partial charge in [-0.05, 0) is 18.1 Å². The standard InChI is InChI=1S/C12H14N2O/c13-7-10-3-1-2-4-11(10)8-14-6-5-12(15)9-14/h1-4,12,15H,5-6,8-9H2/t12-/m0/s1. The van der Waals surface area contributed by atoms with Gasteiger partial charge in [-0.1, -0.05) is 18.2 Å². The van der Waals surface area contributed by atoms with Crippen molar-refractivity contribution in [1.82, 2.24) is 4.90 Å². The van der Waals surface area contributed by atoms with Gasteiger partial charge in [0.1, 0.15) is 0 Å². The average Bonchev–Trinajstić information content (AvgIpc) is 2.65. The quantitative estimate of drug-likeness (QED) is 0.782. The summed E-state index contributed by atoms with van der Waals surface area (Å²) in [5.74, 6) is 0. The lowest BCUT2D eigenvalue weighted by Crippen LogP contribution is -2.21. The van der Waals surface area contributed by atoms with Crippen molar-refractivity contribution in [3.05, 3.63) is 35.4 Å². The lowest BCUT2D eigenvalue weighted by molar-refractivity contribution is 0.175. The molecular weight excluding hydrogens is 188 g/mol. The summed E-state index contributed by atoms with van der Waals surface area (Å²) < 4.78 is 0. The van der Waals surface area contributed by atoms with Crippen LogP contribution in [0.5, 0.6) is 0 Å². The van der Waals surface area contributed by atoms with Crippen molar-refractivity contribution in [2.75, 3.05) is 13.1 Å². The number of benzene rings is 1. The lowest BCUT2D eigenvalue weighted by Gasteiger charge is -2.15. The first kappa shape index (κ1) is 10.2. The Morgan fingerprint density at radius 1 is 1.47 bits per heavy atom. The lowest BCUT2D eigenvalue weighted by atomic mass is 10.1. The van der Waals surface area contributed by atoms with Crippen LogP contribution in [0.1, 0.15) is 17.5 Å². The van der Waals surface area contributed by atoms with Gasteiger partial charge in [0.05, 0.1) is 17.7 Å². The van der Waals surface area contributed by atoms with E-state index in [9.17, 15) is 5.11 Å². The Hall–Kier alpha value is -1.37. The van der Waals surface area contributed by atoms with E-state index in [0.29, 0.717) is 0 Å². The van der Waals surface area contributed by atoms with Crippen molar-refractivity contribution in [2.45, 2.75) is 19.1 Å². The Balaban J connectivity index is 2.08. The summed E-state index contributed by atoms with van der Waals surface area (Å²) in [6, 6.07) is 9.83. The summed E-state index contributed by atoms with van der Waals surface area (Å²) in [4.78, 5) is 2.18. The van der Waals surface area contributed by atoms with Crippen LogP contribution in [0.2, 0.25) is 0 Å². The Bertz CT molecular complexity index is 383. The van der Waals surface area contributed by atoms with Gasteiger partial charge >= 0.3 is 0 Å². The topological polar surface area (TPSA) is 47.3 Å². The van der Waals surface area contributed by atoms with E-state index in [2.05, 4.69) is 11.0 Å². The van der Waals surface area contributed by atoms with Crippen LogP contribution in [0.25, 0.3) is 0 Å². The second-order valence-corrected chi connectivity index (χ2v) is 3.95. The van der Waals surface area contributed by atoms with Crippen LogP contribution in [0.3, 0.4) is 0 Å². The molecule has 0 spiro atoms. The van der Waals surface area contributed by atoms with Crippen LogP contribution in [0, 0.1) is 11.3 Å². The molecule has 78 valence electrons. The minimum atomic E-state index is -0.195. The molecule has 1 aromatic carbocycles. The van der Waals surface area contributed by atoms with Crippen molar-refractivity contribution in [3.8, 4) is 6.07 Å². The van der Waals surface area contributed by atoms with Gasteiger partial charge in [-0.3, -0.25) is 4.90 Å². The van der Waals surface area contributed by atoms with Crippen LogP contribution < -0.4 is 0 Å². The Morgan fingerprint density at radius 2 is 2.27 bits per heavy atom. The van der Waals surface area contributed by atoms with Gasteiger partial charge < -0.3 is 5.11 Å². The predicted octanol–water partition coefficient (Wildman–Crippen LogP) is 1.12. The molecule has 1 heterocycles. The summed E-state index contributed by atoms with van der Waals surface area (Å²) in [5, 5.41) is 18.3. The molecule has 1 fully saturated rings. The molecule has 0 unspecified atom stereocenters. The number of rotatable bonds is 2. The van der Waals surface area contributed by atoms with E-state index >= 15 is 0 Å². The molecule has 1 aliphatic heterocycles. The van der Waals surface area contributed by atoms with E-state index in [1.54, 1.807) is 0 Å². The third kappa shape index (κ3) is 2.35. The molecule has 0 radical (unpaired) electrons. The molecule has 1 atom stereocenters. The average molecular weight is 202 g/mol. The maximum atomic E-state index is 9.40. The van der Waals surface area contributed by atoms with Crippen molar-refractivity contribution < 1.29 is 5.11 Å². The number of aliphatic hydroxyl groups is 1. The highest BCUT2D eigenvalue weighted by Crippen LogP contribution is 2.15. The van der Waals surface area contributed by atoms with Gasteiger partial charge in [0, 0.05) is 19.6 Å². The maximum Gasteiger partial charge on any atom is 0.0995 e. The monoisotopic (exact) mass is 202 g/mol. The summed E-state index contributed by atoms with van der Waals surface area (Å²) in [6.07, 6.45) is 0.647. The second kappa shape index (κ2) is 4.43. The second-order valence-electron chi connectivity index (χ2n) is 3.95. The SMILES string of the molecule is N#Cc1ccccc1CN1CC[C@H](O)C1. The van der Waals surface area contributed by atoms with Gasteiger partial charge in [0.2, 0.25) is 0 Å². The van der Waals surface area contributed by atoms with E-state index in [1.165, 1.54) is 0 Å². The van der Waals surface area contributed by atoms with Gasteiger partial charge in [-0.15, -0.1) is 0 Å². The molecule has 1 aromatic rings. The van der Waals surface area contributed by atoms with Gasteiger partial charge in [-0.25, -0.2) is 0 Å². The van der Waals surface area contributed by atoms with Crippen LogP contribution >= 0.6 is 0 Å². The fourth-order valence-corrected chi connectivity index (χ4v) is 1.96. The molecule has 0 amide bonds. The van der Waals surface area contributed by atoms with Crippen molar-refractivity contribution in [3.63, 3.8) is 0 Å². The highest BCUT2D eigenvalue weighted by atomic mass is 16.3. The number of likely N-dealkylation sites (tertiary alicyclic amines) is 1. The number of aliphatic hydroxyl groups excluding tert-OH is 1. The molecule has 3 heteroatoms. The van der Waals surface area contributed by atoms with Crippen LogP contribution in [0.15, 0.2) is 24.3 Å². The van der Waals surface area contributed by atoms with Gasteiger partial charge in [0.15, 0.2) is 0 Å². The maximum absolute atomic E-state index is 9.40. The first-order valence-electron chi connectivity index (χ1n) is 5.18. The Morgan fingerprint density at radius 3 is 2.93 bits per heavy atom. The molecule has 1 N–H and O–H groups in total.